The van der Waals surface area contributed by atoms with Crippen LogP contribution in [0.15, 0.2) is 0 Å². The second kappa shape index (κ2) is 6.21. The van der Waals surface area contributed by atoms with E-state index in [0.29, 0.717) is 18.9 Å². The van der Waals surface area contributed by atoms with Gasteiger partial charge in [0.1, 0.15) is 0 Å². The lowest BCUT2D eigenvalue weighted by molar-refractivity contribution is -0.132. The average molecular weight is 228 g/mol. The highest BCUT2D eigenvalue weighted by Gasteiger charge is 2.36. The fourth-order valence-corrected chi connectivity index (χ4v) is 2.16. The van der Waals surface area contributed by atoms with Crippen LogP contribution in [0.5, 0.6) is 0 Å². The highest BCUT2D eigenvalue weighted by molar-refractivity contribution is 5.82. The van der Waals surface area contributed by atoms with E-state index in [1.54, 1.807) is 0 Å². The Morgan fingerprint density at radius 2 is 2.31 bits per heavy atom. The highest BCUT2D eigenvalue weighted by Crippen LogP contribution is 2.31. The number of aliphatic hydroxyl groups excluding tert-OH is 1. The molecule has 0 bridgehead atoms. The van der Waals surface area contributed by atoms with E-state index < -0.39 is 0 Å². The van der Waals surface area contributed by atoms with Crippen LogP contribution in [0.25, 0.3) is 0 Å². The summed E-state index contributed by atoms with van der Waals surface area (Å²) in [5, 5.41) is 14.9. The Balaban J connectivity index is 2.43. The third-order valence-corrected chi connectivity index (χ3v) is 3.52. The van der Waals surface area contributed by atoms with Gasteiger partial charge in [0.05, 0.1) is 0 Å². The second-order valence-corrected chi connectivity index (χ2v) is 5.10. The molecule has 1 unspecified atom stereocenters. The van der Waals surface area contributed by atoms with Crippen molar-refractivity contribution < 1.29 is 9.90 Å². The summed E-state index contributed by atoms with van der Waals surface area (Å²) in [6.45, 7) is 6.72. The molecular weight excluding hydrogens is 204 g/mol. The molecule has 1 atom stereocenters. The molecule has 1 aliphatic rings. The van der Waals surface area contributed by atoms with Gasteiger partial charge in [-0.15, -0.1) is 0 Å². The molecule has 0 aliphatic carbocycles. The summed E-state index contributed by atoms with van der Waals surface area (Å²) in [5.74, 6) is 0.519. The number of aliphatic hydroxyl groups is 1. The Hall–Kier alpha value is -0.610. The first-order chi connectivity index (χ1) is 7.59. The van der Waals surface area contributed by atoms with Crippen LogP contribution in [0.2, 0.25) is 0 Å². The minimum absolute atomic E-state index is 0.106. The molecule has 0 spiro atoms. The molecule has 1 amide bonds. The first kappa shape index (κ1) is 13.5. The number of piperidine rings is 1. The van der Waals surface area contributed by atoms with Crippen molar-refractivity contribution in [3.63, 3.8) is 0 Å². The van der Waals surface area contributed by atoms with Gasteiger partial charge in [0, 0.05) is 18.6 Å². The first-order valence-electron chi connectivity index (χ1n) is 6.19. The third-order valence-electron chi connectivity index (χ3n) is 3.52. The fourth-order valence-electron chi connectivity index (χ4n) is 2.16. The molecule has 94 valence electrons. The minimum Gasteiger partial charge on any atom is -0.396 e. The van der Waals surface area contributed by atoms with Gasteiger partial charge in [0.25, 0.3) is 0 Å². The van der Waals surface area contributed by atoms with Crippen molar-refractivity contribution >= 4 is 5.91 Å². The zero-order chi connectivity index (χ0) is 12.0. The molecule has 1 rings (SSSR count). The van der Waals surface area contributed by atoms with Gasteiger partial charge < -0.3 is 15.7 Å². The van der Waals surface area contributed by atoms with Gasteiger partial charge in [0.2, 0.25) is 5.91 Å². The quantitative estimate of drug-likeness (QED) is 0.601. The lowest BCUT2D eigenvalue weighted by Gasteiger charge is -2.36. The summed E-state index contributed by atoms with van der Waals surface area (Å²) in [7, 11) is 0. The van der Waals surface area contributed by atoms with Gasteiger partial charge >= 0.3 is 0 Å². The summed E-state index contributed by atoms with van der Waals surface area (Å²) >= 11 is 0. The van der Waals surface area contributed by atoms with Crippen molar-refractivity contribution in [1.29, 1.82) is 0 Å². The fraction of sp³-hybridized carbons (Fsp3) is 0.917. The smallest absolute Gasteiger partial charge is 0.225 e. The molecule has 1 fully saturated rings. The van der Waals surface area contributed by atoms with E-state index in [1.165, 1.54) is 0 Å². The van der Waals surface area contributed by atoms with Crippen LogP contribution < -0.4 is 10.6 Å². The van der Waals surface area contributed by atoms with Gasteiger partial charge in [-0.3, -0.25) is 4.79 Å². The topological polar surface area (TPSA) is 61.4 Å². The van der Waals surface area contributed by atoms with Gasteiger partial charge in [-0.1, -0.05) is 13.8 Å². The molecular formula is C12H24N2O2. The summed E-state index contributed by atoms with van der Waals surface area (Å²) in [6, 6.07) is 0. The van der Waals surface area contributed by atoms with Gasteiger partial charge in [-0.05, 0) is 38.3 Å². The highest BCUT2D eigenvalue weighted by atomic mass is 16.3. The Morgan fingerprint density at radius 1 is 1.56 bits per heavy atom. The molecule has 0 aromatic heterocycles. The lowest BCUT2D eigenvalue weighted by Crippen LogP contribution is -2.47. The van der Waals surface area contributed by atoms with Crippen molar-refractivity contribution in [1.82, 2.24) is 10.6 Å². The molecule has 0 aromatic carbocycles. The largest absolute Gasteiger partial charge is 0.396 e. The molecule has 0 aromatic rings. The van der Waals surface area contributed by atoms with Crippen LogP contribution in [-0.4, -0.2) is 37.3 Å². The summed E-state index contributed by atoms with van der Waals surface area (Å²) < 4.78 is 0. The van der Waals surface area contributed by atoms with E-state index in [0.717, 1.165) is 25.9 Å². The van der Waals surface area contributed by atoms with Crippen molar-refractivity contribution in [3.8, 4) is 0 Å². The molecule has 1 saturated heterocycles. The Bertz CT molecular complexity index is 223. The average Bonchev–Trinajstić information content (AvgIpc) is 2.30. The standard InChI is InChI=1S/C12H24N2O2/c1-12(2,10-5-3-6-13-9-10)11(16)14-7-4-8-15/h10,13,15H,3-9H2,1-2H3,(H,14,16). The zero-order valence-corrected chi connectivity index (χ0v) is 10.4. The molecule has 4 heteroatoms. The SMILES string of the molecule is CC(C)(C(=O)NCCCO)C1CCCNC1. The molecule has 16 heavy (non-hydrogen) atoms. The van der Waals surface area contributed by atoms with Crippen molar-refractivity contribution in [3.05, 3.63) is 0 Å². The first-order valence-corrected chi connectivity index (χ1v) is 6.19. The number of hydrogen-bond acceptors (Lipinski definition) is 3. The van der Waals surface area contributed by atoms with E-state index in [9.17, 15) is 4.79 Å². The van der Waals surface area contributed by atoms with Crippen LogP contribution in [0, 0.1) is 11.3 Å². The third kappa shape index (κ3) is 3.46. The number of hydrogen-bond donors (Lipinski definition) is 3. The molecule has 0 radical (unpaired) electrons. The van der Waals surface area contributed by atoms with Gasteiger partial charge in [-0.25, -0.2) is 0 Å². The predicted molar refractivity (Wildman–Crippen MR) is 64.1 cm³/mol. The van der Waals surface area contributed by atoms with Crippen molar-refractivity contribution in [2.24, 2.45) is 11.3 Å². The second-order valence-electron chi connectivity index (χ2n) is 5.10. The normalized spacial score (nSPS) is 21.8. The number of amides is 1. The predicted octanol–water partition coefficient (Wildman–Crippen LogP) is 0.511. The van der Waals surface area contributed by atoms with Crippen molar-refractivity contribution in [2.75, 3.05) is 26.2 Å². The molecule has 1 heterocycles. The number of carbonyl (C=O) groups is 1. The van der Waals surface area contributed by atoms with E-state index in [4.69, 9.17) is 5.11 Å². The van der Waals surface area contributed by atoms with Crippen LogP contribution in [0.4, 0.5) is 0 Å². The lowest BCUT2D eigenvalue weighted by atomic mass is 9.74. The van der Waals surface area contributed by atoms with E-state index in [1.807, 2.05) is 13.8 Å². The van der Waals surface area contributed by atoms with Crippen molar-refractivity contribution in [2.45, 2.75) is 33.1 Å². The maximum Gasteiger partial charge on any atom is 0.225 e. The Labute approximate surface area is 97.8 Å². The van der Waals surface area contributed by atoms with E-state index in [-0.39, 0.29) is 17.9 Å². The minimum atomic E-state index is -0.317. The Morgan fingerprint density at radius 3 is 2.88 bits per heavy atom. The monoisotopic (exact) mass is 228 g/mol. The van der Waals surface area contributed by atoms with E-state index >= 15 is 0 Å². The maximum atomic E-state index is 12.0. The molecule has 4 nitrogen and oxygen atoms in total. The van der Waals surface area contributed by atoms with Crippen LogP contribution >= 0.6 is 0 Å². The van der Waals surface area contributed by atoms with E-state index in [2.05, 4.69) is 10.6 Å². The van der Waals surface area contributed by atoms with Gasteiger partial charge in [0.15, 0.2) is 0 Å². The van der Waals surface area contributed by atoms with Crippen LogP contribution in [0.1, 0.15) is 33.1 Å². The summed E-state index contributed by atoms with van der Waals surface area (Å²) in [5.41, 5.74) is -0.317. The molecule has 1 aliphatic heterocycles. The molecule has 3 N–H and O–H groups in total. The zero-order valence-electron chi connectivity index (χ0n) is 10.4. The number of nitrogens with one attached hydrogen (secondary N) is 2. The molecule has 0 saturated carbocycles. The number of rotatable bonds is 5. The summed E-state index contributed by atoms with van der Waals surface area (Å²) in [4.78, 5) is 12.0. The maximum absolute atomic E-state index is 12.0. The summed E-state index contributed by atoms with van der Waals surface area (Å²) in [6.07, 6.45) is 2.90. The Kier molecular flexibility index (Phi) is 5.22. The van der Waals surface area contributed by atoms with Gasteiger partial charge in [-0.2, -0.15) is 0 Å². The number of carbonyl (C=O) groups excluding carboxylic acids is 1. The van der Waals surface area contributed by atoms with Crippen LogP contribution in [0.3, 0.4) is 0 Å². The van der Waals surface area contributed by atoms with Crippen LogP contribution in [-0.2, 0) is 4.79 Å².